The van der Waals surface area contributed by atoms with Crippen LogP contribution in [0, 0.1) is 0 Å². The molecule has 17 aromatic rings. The highest BCUT2D eigenvalue weighted by Gasteiger charge is 2.46. The van der Waals surface area contributed by atoms with E-state index in [0.717, 1.165) is 22.7 Å². The van der Waals surface area contributed by atoms with Gasteiger partial charge in [-0.1, -0.05) is 249 Å². The highest BCUT2D eigenvalue weighted by molar-refractivity contribution is 7.26. The van der Waals surface area contributed by atoms with Gasteiger partial charge in [0, 0.05) is 107 Å². The summed E-state index contributed by atoms with van der Waals surface area (Å²) in [7, 11) is 0. The molecule has 105 heavy (non-hydrogen) atoms. The minimum Gasteiger partial charge on any atom is -0.311 e. The van der Waals surface area contributed by atoms with Crippen molar-refractivity contribution < 1.29 is 0 Å². The van der Waals surface area contributed by atoms with Crippen molar-refractivity contribution >= 4 is 164 Å². The zero-order chi connectivity index (χ0) is 72.3. The Morgan fingerprint density at radius 1 is 0.248 bits per heavy atom. The lowest BCUT2D eigenvalue weighted by Gasteiger charge is -2.46. The van der Waals surface area contributed by atoms with Crippen LogP contribution < -0.4 is 26.2 Å². The van der Waals surface area contributed by atoms with Gasteiger partial charge in [-0.05, 0) is 192 Å². The second-order valence-electron chi connectivity index (χ2n) is 35.0. The van der Waals surface area contributed by atoms with Crippen LogP contribution in [0.4, 0.5) is 34.1 Å². The van der Waals surface area contributed by atoms with Crippen molar-refractivity contribution in [3.05, 3.63) is 283 Å². The molecular weight excluding hydrogens is 1310 g/mol. The molecule has 0 fully saturated rings. The molecule has 0 N–H and O–H groups in total. The average molecular weight is 1400 g/mol. The summed E-state index contributed by atoms with van der Waals surface area (Å²) in [5, 5.41) is 10.1. The molecule has 0 radical (unpaired) electrons. The largest absolute Gasteiger partial charge is 0.311 e. The van der Waals surface area contributed by atoms with Crippen LogP contribution in [0.2, 0.25) is 0 Å². The van der Waals surface area contributed by atoms with E-state index in [4.69, 9.17) is 0 Å². The van der Waals surface area contributed by atoms with Crippen LogP contribution in [0.15, 0.2) is 255 Å². The molecule has 0 atom stereocenters. The van der Waals surface area contributed by atoms with Crippen LogP contribution in [-0.4, -0.2) is 15.8 Å². The van der Waals surface area contributed by atoms with Crippen molar-refractivity contribution in [2.45, 2.75) is 131 Å². The van der Waals surface area contributed by atoms with E-state index < -0.39 is 0 Å². The Morgan fingerprint density at radius 3 is 0.952 bits per heavy atom. The lowest BCUT2D eigenvalue weighted by Crippen LogP contribution is -2.61. The first-order valence-electron chi connectivity index (χ1n) is 37.5. The minimum atomic E-state index is -0.285. The Bertz CT molecular complexity index is 6050. The second-order valence-corrected chi connectivity index (χ2v) is 37.2. The second kappa shape index (κ2) is 23.0. The first kappa shape index (κ1) is 65.3. The molecule has 4 aromatic heterocycles. The van der Waals surface area contributed by atoms with Gasteiger partial charge in [-0.2, -0.15) is 0 Å². The average Bonchev–Trinajstić information content (AvgIpc) is 1.68. The summed E-state index contributed by atoms with van der Waals surface area (Å²) in [4.78, 5) is 5.46. The predicted molar refractivity (Wildman–Crippen MR) is 459 cm³/mol. The Balaban J connectivity index is 1.01. The highest BCUT2D eigenvalue weighted by atomic mass is 32.1. The molecule has 0 bridgehead atoms. The van der Waals surface area contributed by atoms with Gasteiger partial charge in [-0.3, -0.25) is 0 Å². The summed E-state index contributed by atoms with van der Waals surface area (Å²) in [5.41, 5.74) is 28.6. The standard InChI is InChI=1S/C98H87BN4S2/c1-94(2,3)60-42-58(43-61(46-60)95(4,5)6)67-34-22-26-38-79(67)102-85-52-73-71-50-75-69-36-24-28-40-89(69)104-91(75)56-83(71)100(65-30-18-16-19-31-65)81(73)54-77(85)99-78-55-82-74(72-51-76-70-37-25-29-41-90(70)105-92(76)57-84(72)101(82)66-32-20-17-21-33-66)53-86(78)103(88-49-64(98(13,14)15)48-87(102)93(88)99)80-39-27-23-35-68(80)59-44-62(96(7,8)9)47-63(45-59)97(10,11)12/h16-57H,1-15H3. The van der Waals surface area contributed by atoms with Crippen LogP contribution in [0.5, 0.6) is 0 Å². The molecule has 4 nitrogen and oxygen atoms in total. The maximum Gasteiger partial charge on any atom is 0.252 e. The first-order chi connectivity index (χ1) is 50.2. The molecule has 0 saturated heterocycles. The van der Waals surface area contributed by atoms with Gasteiger partial charge >= 0.3 is 0 Å². The maximum absolute atomic E-state index is 2.73. The molecule has 0 amide bonds. The number of thiophene rings is 2. The summed E-state index contributed by atoms with van der Waals surface area (Å²) in [6.07, 6.45) is 0. The molecule has 0 aliphatic carbocycles. The Labute approximate surface area is 625 Å². The van der Waals surface area contributed by atoms with Crippen LogP contribution in [0.25, 0.3) is 118 Å². The van der Waals surface area contributed by atoms with Gasteiger partial charge < -0.3 is 18.9 Å². The Hall–Kier alpha value is -10.4. The normalized spacial score (nSPS) is 13.6. The fourth-order valence-corrected chi connectivity index (χ4v) is 19.5. The monoisotopic (exact) mass is 1390 g/mol. The van der Waals surface area contributed by atoms with Crippen molar-refractivity contribution in [1.29, 1.82) is 0 Å². The molecule has 0 saturated carbocycles. The molecule has 2 aliphatic heterocycles. The quantitative estimate of drug-likeness (QED) is 0.154. The molecule has 7 heteroatoms. The number of fused-ring (bicyclic) bond motifs is 16. The number of nitrogens with zero attached hydrogens (tertiary/aromatic N) is 4. The van der Waals surface area contributed by atoms with Crippen LogP contribution in [0.3, 0.4) is 0 Å². The third-order valence-corrected chi connectivity index (χ3v) is 25.2. The number of aromatic nitrogens is 2. The molecule has 0 unspecified atom stereocenters. The van der Waals surface area contributed by atoms with Gasteiger partial charge in [0.1, 0.15) is 0 Å². The third-order valence-electron chi connectivity index (χ3n) is 23.0. The SMILES string of the molecule is CC(C)(C)c1cc(-c2ccccc2N2c3cc4c5cc6c(cc5n(-c5ccccc5)c4cc3B3c4cc5c(cc4N(c4ccccc4-c4cc(C(C)(C)C)cc(C(C)(C)C)c4)c4cc(C(C)(C)C)cc2c43)c2cc3c(cc2n5-c2ccccc2)sc2ccccc23)sc2ccccc26)cc(C(C)(C)C)c1. The molecule has 514 valence electrons. The van der Waals surface area contributed by atoms with E-state index in [1.54, 1.807) is 0 Å². The van der Waals surface area contributed by atoms with Crippen molar-refractivity contribution in [3.8, 4) is 33.6 Å². The fraction of sp³-hybridized carbons (Fsp3) is 0.204. The Kier molecular flexibility index (Phi) is 14.3. The van der Waals surface area contributed by atoms with Crippen molar-refractivity contribution in [3.63, 3.8) is 0 Å². The van der Waals surface area contributed by atoms with Crippen molar-refractivity contribution in [1.82, 2.24) is 9.13 Å². The van der Waals surface area contributed by atoms with Gasteiger partial charge in [0.05, 0.1) is 33.4 Å². The first-order valence-corrected chi connectivity index (χ1v) is 39.1. The molecule has 6 heterocycles. The lowest BCUT2D eigenvalue weighted by molar-refractivity contribution is 0.568. The number of rotatable bonds is 6. The van der Waals surface area contributed by atoms with Gasteiger partial charge in [0.15, 0.2) is 0 Å². The van der Waals surface area contributed by atoms with Gasteiger partial charge in [0.25, 0.3) is 6.71 Å². The zero-order valence-electron chi connectivity index (χ0n) is 62.9. The number of hydrogen-bond donors (Lipinski definition) is 0. The third kappa shape index (κ3) is 10.3. The van der Waals surface area contributed by atoms with E-state index in [1.165, 1.54) is 173 Å². The molecule has 13 aromatic carbocycles. The van der Waals surface area contributed by atoms with Gasteiger partial charge in [0.2, 0.25) is 0 Å². The van der Waals surface area contributed by atoms with E-state index in [-0.39, 0.29) is 33.8 Å². The molecule has 19 rings (SSSR count). The minimum absolute atomic E-state index is 0.106. The van der Waals surface area contributed by atoms with Crippen LogP contribution in [-0.2, 0) is 27.1 Å². The molecular formula is C98H87BN4S2. The highest BCUT2D eigenvalue weighted by Crippen LogP contribution is 2.54. The van der Waals surface area contributed by atoms with E-state index >= 15 is 0 Å². The fourth-order valence-electron chi connectivity index (χ4n) is 17.2. The van der Waals surface area contributed by atoms with E-state index in [0.29, 0.717) is 0 Å². The number of para-hydroxylation sites is 4. The van der Waals surface area contributed by atoms with Crippen LogP contribution >= 0.6 is 22.7 Å². The Morgan fingerprint density at radius 2 is 0.571 bits per heavy atom. The predicted octanol–water partition coefficient (Wildman–Crippen LogP) is 26.5. The maximum atomic E-state index is 2.73. The number of benzene rings is 13. The molecule has 0 spiro atoms. The van der Waals surface area contributed by atoms with E-state index in [2.05, 4.69) is 378 Å². The zero-order valence-corrected chi connectivity index (χ0v) is 64.6. The van der Waals surface area contributed by atoms with Gasteiger partial charge in [-0.25, -0.2) is 0 Å². The van der Waals surface area contributed by atoms with Gasteiger partial charge in [-0.15, -0.1) is 22.7 Å². The summed E-state index contributed by atoms with van der Waals surface area (Å²) in [5.74, 6) is 0. The summed E-state index contributed by atoms with van der Waals surface area (Å²) in [6.45, 7) is 35.4. The smallest absolute Gasteiger partial charge is 0.252 e. The summed E-state index contributed by atoms with van der Waals surface area (Å²) >= 11 is 3.79. The number of anilines is 6. The molecule has 2 aliphatic rings. The van der Waals surface area contributed by atoms with Crippen LogP contribution in [0.1, 0.15) is 132 Å². The van der Waals surface area contributed by atoms with E-state index in [1.807, 2.05) is 22.7 Å². The lowest BCUT2D eigenvalue weighted by atomic mass is 9.33. The van der Waals surface area contributed by atoms with Crippen molar-refractivity contribution in [2.75, 3.05) is 9.80 Å². The topological polar surface area (TPSA) is 16.3 Å². The van der Waals surface area contributed by atoms with Crippen molar-refractivity contribution in [2.24, 2.45) is 0 Å². The van der Waals surface area contributed by atoms with E-state index in [9.17, 15) is 0 Å². The summed E-state index contributed by atoms with van der Waals surface area (Å²) < 4.78 is 10.3. The number of hydrogen-bond acceptors (Lipinski definition) is 4. The summed E-state index contributed by atoms with van der Waals surface area (Å²) in [6, 6.07) is 99.6.